The van der Waals surface area contributed by atoms with Gasteiger partial charge in [0.15, 0.2) is 5.65 Å². The van der Waals surface area contributed by atoms with E-state index in [2.05, 4.69) is 26.6 Å². The Labute approximate surface area is 144 Å². The quantitative estimate of drug-likeness (QED) is 0.687. The maximum Gasteiger partial charge on any atom is 0.217 e. The third-order valence-electron chi connectivity index (χ3n) is 5.60. The summed E-state index contributed by atoms with van der Waals surface area (Å²) in [4.78, 5) is 14.7. The molecule has 3 fully saturated rings. The summed E-state index contributed by atoms with van der Waals surface area (Å²) in [5.41, 5.74) is 3.40. The molecule has 0 saturated heterocycles. The van der Waals surface area contributed by atoms with E-state index in [0.717, 1.165) is 30.3 Å². The lowest BCUT2D eigenvalue weighted by atomic mass is 9.38. The van der Waals surface area contributed by atoms with Crippen molar-refractivity contribution in [2.45, 2.75) is 37.1 Å². The van der Waals surface area contributed by atoms with E-state index in [1.165, 1.54) is 5.69 Å². The Bertz CT molecular complexity index is 1000. The summed E-state index contributed by atoms with van der Waals surface area (Å²) < 4.78 is 0. The highest BCUT2D eigenvalue weighted by Crippen LogP contribution is 2.67. The number of carbonyl (C=O) groups is 1. The average Bonchev–Trinajstić information content (AvgIpc) is 2.92. The van der Waals surface area contributed by atoms with Gasteiger partial charge in [-0.15, -0.1) is 10.2 Å². The van der Waals surface area contributed by atoms with Crippen molar-refractivity contribution in [1.29, 1.82) is 0 Å². The number of nitrogens with zero attached hydrogens (tertiary/aromatic N) is 2. The number of phenols is 1. The van der Waals surface area contributed by atoms with E-state index < -0.39 is 0 Å². The van der Waals surface area contributed by atoms with Gasteiger partial charge in [0, 0.05) is 34.5 Å². The third kappa shape index (κ3) is 2.00. The van der Waals surface area contributed by atoms with Crippen LogP contribution in [0, 0.1) is 0 Å². The second-order valence-corrected chi connectivity index (χ2v) is 7.51. The number of phenolic OH excluding ortho intramolecular Hbond substituents is 1. The van der Waals surface area contributed by atoms with Gasteiger partial charge in [-0.3, -0.25) is 4.79 Å². The summed E-state index contributed by atoms with van der Waals surface area (Å²) in [6.45, 7) is 1.58. The summed E-state index contributed by atoms with van der Waals surface area (Å²) >= 11 is 0. The fraction of sp³-hybridized carbons (Fsp3) is 0.316. The van der Waals surface area contributed by atoms with Crippen LogP contribution in [0.2, 0.25) is 0 Å². The number of rotatable bonds is 3. The Morgan fingerprint density at radius 3 is 2.68 bits per heavy atom. The smallest absolute Gasteiger partial charge is 0.217 e. The molecule has 2 bridgehead atoms. The number of hydrogen-bond donors (Lipinski definition) is 3. The van der Waals surface area contributed by atoms with Crippen LogP contribution in [-0.4, -0.2) is 31.7 Å². The first-order valence-corrected chi connectivity index (χ1v) is 8.43. The number of amides is 1. The molecular weight excluding hydrogens is 316 g/mol. The van der Waals surface area contributed by atoms with Gasteiger partial charge in [0.05, 0.1) is 5.69 Å². The van der Waals surface area contributed by atoms with Gasteiger partial charge in [0.1, 0.15) is 5.75 Å². The lowest BCUT2D eigenvalue weighted by Gasteiger charge is -2.70. The minimum Gasteiger partial charge on any atom is -0.507 e. The highest BCUT2D eigenvalue weighted by Gasteiger charge is 2.69. The van der Waals surface area contributed by atoms with Crippen molar-refractivity contribution >= 4 is 16.9 Å². The Hall–Kier alpha value is -2.89. The van der Waals surface area contributed by atoms with Crippen LogP contribution in [0.3, 0.4) is 0 Å². The Morgan fingerprint density at radius 1 is 1.20 bits per heavy atom. The molecule has 3 aromatic rings. The summed E-state index contributed by atoms with van der Waals surface area (Å²) in [7, 11) is 0. The van der Waals surface area contributed by atoms with Gasteiger partial charge >= 0.3 is 0 Å². The molecular formula is C19H18N4O2. The van der Waals surface area contributed by atoms with Gasteiger partial charge in [-0.05, 0) is 43.5 Å². The molecule has 3 aliphatic carbocycles. The van der Waals surface area contributed by atoms with E-state index in [4.69, 9.17) is 0 Å². The minimum absolute atomic E-state index is 0.00972. The van der Waals surface area contributed by atoms with Crippen LogP contribution in [-0.2, 0) is 10.2 Å². The SMILES string of the molecule is CC(=O)NC12CC(c3cc4cc(-c5ccccc5O)nnc4[nH]3)(C1)C2. The fourth-order valence-corrected chi connectivity index (χ4v) is 4.62. The summed E-state index contributed by atoms with van der Waals surface area (Å²) in [6, 6.07) is 11.2. The highest BCUT2D eigenvalue weighted by atomic mass is 16.3. The largest absolute Gasteiger partial charge is 0.507 e. The molecule has 1 amide bonds. The predicted octanol–water partition coefficient (Wildman–Crippen LogP) is 2.64. The topological polar surface area (TPSA) is 90.9 Å². The second-order valence-electron chi connectivity index (χ2n) is 7.51. The molecule has 0 spiro atoms. The lowest BCUT2D eigenvalue weighted by Crippen LogP contribution is -2.76. The summed E-state index contributed by atoms with van der Waals surface area (Å²) in [5, 5.41) is 22.6. The molecule has 6 heteroatoms. The van der Waals surface area contributed by atoms with Crippen LogP contribution < -0.4 is 5.32 Å². The number of fused-ring (bicyclic) bond motifs is 1. The molecule has 2 heterocycles. The van der Waals surface area contributed by atoms with Crippen LogP contribution >= 0.6 is 0 Å². The Kier molecular flexibility index (Phi) is 2.66. The van der Waals surface area contributed by atoms with Gasteiger partial charge in [0.25, 0.3) is 0 Å². The first-order chi connectivity index (χ1) is 12.0. The summed E-state index contributed by atoms with van der Waals surface area (Å²) in [6.07, 6.45) is 2.94. The number of carbonyl (C=O) groups excluding carboxylic acids is 1. The molecule has 0 atom stereocenters. The molecule has 0 aliphatic heterocycles. The molecule has 6 nitrogen and oxygen atoms in total. The van der Waals surface area contributed by atoms with Crippen molar-refractivity contribution in [2.75, 3.05) is 0 Å². The van der Waals surface area contributed by atoms with Crippen LogP contribution in [0.5, 0.6) is 5.75 Å². The first-order valence-electron chi connectivity index (χ1n) is 8.43. The van der Waals surface area contributed by atoms with Gasteiger partial charge in [-0.2, -0.15) is 0 Å². The number of H-pyrrole nitrogens is 1. The average molecular weight is 334 g/mol. The van der Waals surface area contributed by atoms with E-state index in [9.17, 15) is 9.90 Å². The van der Waals surface area contributed by atoms with Crippen molar-refractivity contribution in [1.82, 2.24) is 20.5 Å². The zero-order chi connectivity index (χ0) is 17.2. The fourth-order valence-electron chi connectivity index (χ4n) is 4.62. The first kappa shape index (κ1) is 14.5. The van der Waals surface area contributed by atoms with E-state index in [-0.39, 0.29) is 22.6 Å². The van der Waals surface area contributed by atoms with E-state index in [1.54, 1.807) is 19.1 Å². The van der Waals surface area contributed by atoms with Gasteiger partial charge < -0.3 is 15.4 Å². The molecule has 25 heavy (non-hydrogen) atoms. The number of para-hydroxylation sites is 1. The maximum atomic E-state index is 11.3. The predicted molar refractivity (Wildman–Crippen MR) is 93.1 cm³/mol. The van der Waals surface area contributed by atoms with Gasteiger partial charge in [-0.25, -0.2) is 0 Å². The van der Waals surface area contributed by atoms with Crippen molar-refractivity contribution in [3.63, 3.8) is 0 Å². The number of aromatic amines is 1. The van der Waals surface area contributed by atoms with Crippen LogP contribution in [0.25, 0.3) is 22.3 Å². The maximum absolute atomic E-state index is 11.3. The number of hydrogen-bond acceptors (Lipinski definition) is 4. The van der Waals surface area contributed by atoms with Crippen LogP contribution in [0.1, 0.15) is 31.9 Å². The molecule has 3 aliphatic rings. The molecule has 3 N–H and O–H groups in total. The minimum atomic E-state index is 0.00972. The van der Waals surface area contributed by atoms with Crippen LogP contribution in [0.15, 0.2) is 36.4 Å². The monoisotopic (exact) mass is 334 g/mol. The Morgan fingerprint density at radius 2 is 1.96 bits per heavy atom. The zero-order valence-corrected chi connectivity index (χ0v) is 13.8. The van der Waals surface area contributed by atoms with Crippen molar-refractivity contribution < 1.29 is 9.90 Å². The zero-order valence-electron chi connectivity index (χ0n) is 13.8. The molecule has 0 radical (unpaired) electrons. The van der Waals surface area contributed by atoms with E-state index in [1.807, 2.05) is 18.2 Å². The number of aromatic nitrogens is 3. The molecule has 3 saturated carbocycles. The van der Waals surface area contributed by atoms with Crippen LogP contribution in [0.4, 0.5) is 0 Å². The second kappa shape index (κ2) is 4.59. The van der Waals surface area contributed by atoms with Crippen molar-refractivity contribution in [3.05, 3.63) is 42.1 Å². The summed E-state index contributed by atoms with van der Waals surface area (Å²) in [5.74, 6) is 0.242. The van der Waals surface area contributed by atoms with Gasteiger partial charge in [0.2, 0.25) is 5.91 Å². The van der Waals surface area contributed by atoms with Crippen molar-refractivity contribution in [3.8, 4) is 17.0 Å². The number of benzene rings is 1. The molecule has 6 rings (SSSR count). The molecule has 1 aromatic carbocycles. The molecule has 126 valence electrons. The normalized spacial score (nSPS) is 26.8. The number of nitrogens with one attached hydrogen (secondary N) is 2. The third-order valence-corrected chi connectivity index (χ3v) is 5.60. The van der Waals surface area contributed by atoms with E-state index in [0.29, 0.717) is 11.3 Å². The van der Waals surface area contributed by atoms with Crippen molar-refractivity contribution in [2.24, 2.45) is 0 Å². The highest BCUT2D eigenvalue weighted by molar-refractivity contribution is 5.82. The van der Waals surface area contributed by atoms with Gasteiger partial charge in [-0.1, -0.05) is 12.1 Å². The standard InChI is InChI=1S/C19H18N4O2/c1-11(24)21-19-8-18(9-19,10-19)16-7-12-6-14(22-23-17(12)20-16)13-4-2-3-5-15(13)25/h2-7,25H,8-10H2,1H3,(H,20,23)(H,21,24). The molecule has 0 unspecified atom stereocenters. The Balaban J connectivity index is 1.46. The molecule has 2 aromatic heterocycles. The number of aromatic hydroxyl groups is 1. The lowest BCUT2D eigenvalue weighted by molar-refractivity contribution is -0.136. The van der Waals surface area contributed by atoms with E-state index >= 15 is 0 Å².